The normalized spacial score (nSPS) is 14.7. The minimum Gasteiger partial charge on any atom is -0.387 e. The van der Waals surface area contributed by atoms with Gasteiger partial charge >= 0.3 is 0 Å². The summed E-state index contributed by atoms with van der Waals surface area (Å²) < 4.78 is 0. The number of aliphatic hydroxyl groups is 1. The van der Waals surface area contributed by atoms with E-state index in [0.29, 0.717) is 11.3 Å². The van der Waals surface area contributed by atoms with Gasteiger partial charge in [-0.2, -0.15) is 0 Å². The summed E-state index contributed by atoms with van der Waals surface area (Å²) in [7, 11) is 0. The first-order chi connectivity index (χ1) is 10.5. The Morgan fingerprint density at radius 1 is 1.18 bits per heavy atom. The van der Waals surface area contributed by atoms with E-state index in [1.807, 2.05) is 49.4 Å². The van der Waals surface area contributed by atoms with E-state index < -0.39 is 11.5 Å². The van der Waals surface area contributed by atoms with Crippen LogP contribution in [0.3, 0.4) is 0 Å². The number of carbonyl (C=O) groups excluding carboxylic acids is 1. The van der Waals surface area contributed by atoms with E-state index in [4.69, 9.17) is 0 Å². The molecule has 0 saturated carbocycles. The molecular formula is C19H21NO2. The molecule has 0 bridgehead atoms. The fourth-order valence-corrected chi connectivity index (χ4v) is 2.21. The van der Waals surface area contributed by atoms with Crippen molar-refractivity contribution in [1.82, 2.24) is 0 Å². The van der Waals surface area contributed by atoms with Crippen LogP contribution in [0.4, 0.5) is 5.69 Å². The number of benzene rings is 2. The predicted octanol–water partition coefficient (Wildman–Crippen LogP) is 3.86. The van der Waals surface area contributed by atoms with Gasteiger partial charge in [-0.25, -0.2) is 0 Å². The zero-order valence-corrected chi connectivity index (χ0v) is 12.9. The lowest BCUT2D eigenvalue weighted by molar-refractivity contribution is -0.127. The Kier molecular flexibility index (Phi) is 4.78. The van der Waals surface area contributed by atoms with Crippen LogP contribution in [-0.2, 0) is 4.79 Å². The molecule has 0 heterocycles. The summed E-state index contributed by atoms with van der Waals surface area (Å²) in [6, 6.07) is 16.7. The van der Waals surface area contributed by atoms with Crippen molar-refractivity contribution in [3.63, 3.8) is 0 Å². The van der Waals surface area contributed by atoms with Crippen LogP contribution in [-0.4, -0.2) is 11.0 Å². The Morgan fingerprint density at radius 2 is 1.77 bits per heavy atom. The molecule has 2 rings (SSSR count). The number of aliphatic hydroxyl groups excluding tert-OH is 1. The Hall–Kier alpha value is -2.39. The lowest BCUT2D eigenvalue weighted by atomic mass is 9.80. The number of anilines is 1. The molecule has 22 heavy (non-hydrogen) atoms. The molecule has 0 unspecified atom stereocenters. The summed E-state index contributed by atoms with van der Waals surface area (Å²) in [5.74, 6) is -0.289. The van der Waals surface area contributed by atoms with Crippen LogP contribution in [0.1, 0.15) is 24.2 Å². The monoisotopic (exact) mass is 295 g/mol. The highest BCUT2D eigenvalue weighted by Crippen LogP contribution is 2.36. The van der Waals surface area contributed by atoms with Gasteiger partial charge in [-0.3, -0.25) is 4.79 Å². The number of hydrogen-bond acceptors (Lipinski definition) is 2. The number of rotatable bonds is 5. The molecule has 0 saturated heterocycles. The van der Waals surface area contributed by atoms with Crippen molar-refractivity contribution >= 4 is 11.6 Å². The molecule has 0 radical (unpaired) electrons. The Bertz CT molecular complexity index is 649. The Labute approximate surface area is 131 Å². The quantitative estimate of drug-likeness (QED) is 0.823. The molecule has 3 nitrogen and oxygen atoms in total. The van der Waals surface area contributed by atoms with Gasteiger partial charge in [0, 0.05) is 5.69 Å². The first kappa shape index (κ1) is 16.0. The molecule has 0 aromatic heterocycles. The number of carbonyl (C=O) groups is 1. The summed E-state index contributed by atoms with van der Waals surface area (Å²) in [5, 5.41) is 13.4. The topological polar surface area (TPSA) is 49.3 Å². The summed E-state index contributed by atoms with van der Waals surface area (Å²) in [4.78, 5) is 12.6. The third-order valence-electron chi connectivity index (χ3n) is 3.91. The molecule has 2 atom stereocenters. The summed E-state index contributed by atoms with van der Waals surface area (Å²) >= 11 is 0. The molecule has 0 aliphatic heterocycles. The van der Waals surface area contributed by atoms with Crippen LogP contribution in [0.2, 0.25) is 0 Å². The summed E-state index contributed by atoms with van der Waals surface area (Å²) in [6.07, 6.45) is 0.533. The third kappa shape index (κ3) is 3.26. The minimum absolute atomic E-state index is 0.289. The van der Waals surface area contributed by atoms with Crippen LogP contribution in [0.5, 0.6) is 0 Å². The zero-order valence-electron chi connectivity index (χ0n) is 12.9. The van der Waals surface area contributed by atoms with Crippen LogP contribution in [0.15, 0.2) is 67.3 Å². The van der Waals surface area contributed by atoms with Gasteiger partial charge < -0.3 is 10.4 Å². The first-order valence-electron chi connectivity index (χ1n) is 7.22. The van der Waals surface area contributed by atoms with Crippen LogP contribution < -0.4 is 5.32 Å². The van der Waals surface area contributed by atoms with Gasteiger partial charge in [0.2, 0.25) is 5.91 Å². The average Bonchev–Trinajstić information content (AvgIpc) is 2.56. The Balaban J connectivity index is 2.23. The molecule has 3 heteroatoms. The predicted molar refractivity (Wildman–Crippen MR) is 89.5 cm³/mol. The molecule has 2 aromatic carbocycles. The molecule has 2 N–H and O–H groups in total. The van der Waals surface area contributed by atoms with Crippen LogP contribution >= 0.6 is 0 Å². The number of aryl methyl sites for hydroxylation is 1. The van der Waals surface area contributed by atoms with Gasteiger partial charge in [-0.15, -0.1) is 6.58 Å². The Morgan fingerprint density at radius 3 is 2.32 bits per heavy atom. The maximum absolute atomic E-state index is 12.6. The van der Waals surface area contributed by atoms with Gasteiger partial charge in [0.15, 0.2) is 0 Å². The smallest absolute Gasteiger partial charge is 0.237 e. The third-order valence-corrected chi connectivity index (χ3v) is 3.91. The van der Waals surface area contributed by atoms with E-state index >= 15 is 0 Å². The lowest BCUT2D eigenvalue weighted by Crippen LogP contribution is -2.37. The van der Waals surface area contributed by atoms with Crippen molar-refractivity contribution in [3.8, 4) is 0 Å². The summed E-state index contributed by atoms with van der Waals surface area (Å²) in [6.45, 7) is 7.40. The van der Waals surface area contributed by atoms with Gasteiger partial charge in [0.25, 0.3) is 0 Å². The van der Waals surface area contributed by atoms with Crippen molar-refractivity contribution in [1.29, 1.82) is 0 Å². The number of hydrogen-bond donors (Lipinski definition) is 2. The highest BCUT2D eigenvalue weighted by atomic mass is 16.3. The van der Waals surface area contributed by atoms with E-state index in [1.54, 1.807) is 19.1 Å². The van der Waals surface area contributed by atoms with Crippen LogP contribution in [0, 0.1) is 12.3 Å². The number of nitrogens with one attached hydrogen (secondary N) is 1. The van der Waals surface area contributed by atoms with Crippen molar-refractivity contribution in [2.75, 3.05) is 5.32 Å². The standard InChI is InChI=1S/C19H21NO2/c1-4-19(3,17(21)15-8-6-5-7-9-15)18(22)20-16-12-10-14(2)11-13-16/h4-13,17,21H,1H2,2-3H3,(H,20,22)/t17-,19+/m1/s1. The highest BCUT2D eigenvalue weighted by Gasteiger charge is 2.38. The highest BCUT2D eigenvalue weighted by molar-refractivity contribution is 5.97. The second kappa shape index (κ2) is 6.58. The van der Waals surface area contributed by atoms with Gasteiger partial charge in [-0.05, 0) is 31.5 Å². The molecule has 1 amide bonds. The largest absolute Gasteiger partial charge is 0.387 e. The lowest BCUT2D eigenvalue weighted by Gasteiger charge is -2.30. The fraction of sp³-hybridized carbons (Fsp3) is 0.211. The van der Waals surface area contributed by atoms with Crippen molar-refractivity contribution in [3.05, 3.63) is 78.4 Å². The second-order valence-electron chi connectivity index (χ2n) is 5.62. The fourth-order valence-electron chi connectivity index (χ4n) is 2.21. The van der Waals surface area contributed by atoms with Gasteiger partial charge in [0.1, 0.15) is 0 Å². The average molecular weight is 295 g/mol. The summed E-state index contributed by atoms with van der Waals surface area (Å²) in [5.41, 5.74) is 1.38. The van der Waals surface area contributed by atoms with Crippen molar-refractivity contribution in [2.45, 2.75) is 20.0 Å². The first-order valence-corrected chi connectivity index (χ1v) is 7.22. The molecular weight excluding hydrogens is 274 g/mol. The molecule has 114 valence electrons. The maximum atomic E-state index is 12.6. The molecule has 0 spiro atoms. The van der Waals surface area contributed by atoms with Crippen LogP contribution in [0.25, 0.3) is 0 Å². The van der Waals surface area contributed by atoms with E-state index in [-0.39, 0.29) is 5.91 Å². The van der Waals surface area contributed by atoms with E-state index in [2.05, 4.69) is 11.9 Å². The second-order valence-corrected chi connectivity index (χ2v) is 5.62. The van der Waals surface area contributed by atoms with Gasteiger partial charge in [0.05, 0.1) is 11.5 Å². The molecule has 0 aliphatic rings. The zero-order chi connectivity index (χ0) is 16.2. The molecule has 2 aromatic rings. The number of amides is 1. The maximum Gasteiger partial charge on any atom is 0.237 e. The molecule has 0 fully saturated rings. The van der Waals surface area contributed by atoms with Gasteiger partial charge in [-0.1, -0.05) is 54.1 Å². The van der Waals surface area contributed by atoms with E-state index in [0.717, 1.165) is 5.56 Å². The molecule has 0 aliphatic carbocycles. The minimum atomic E-state index is -1.12. The SMILES string of the molecule is C=C[C@](C)(C(=O)Nc1ccc(C)cc1)[C@H](O)c1ccccc1. The van der Waals surface area contributed by atoms with Crippen molar-refractivity contribution in [2.24, 2.45) is 5.41 Å². The van der Waals surface area contributed by atoms with Crippen molar-refractivity contribution < 1.29 is 9.90 Å². The van der Waals surface area contributed by atoms with E-state index in [9.17, 15) is 9.90 Å². The van der Waals surface area contributed by atoms with E-state index in [1.165, 1.54) is 6.08 Å².